The van der Waals surface area contributed by atoms with Gasteiger partial charge in [-0.25, -0.2) is 0 Å². The SMILES string of the molecule is CCCNCCCCOCCC(C)(C)C. The standard InChI is InChI=1S/C13H29NO/c1-5-9-14-10-6-7-11-15-12-8-13(2,3)4/h14H,5-12H2,1-4H3. The van der Waals surface area contributed by atoms with Gasteiger partial charge in [-0.1, -0.05) is 27.7 Å². The van der Waals surface area contributed by atoms with Gasteiger partial charge in [-0.05, 0) is 44.2 Å². The van der Waals surface area contributed by atoms with Crippen LogP contribution in [0.3, 0.4) is 0 Å². The van der Waals surface area contributed by atoms with Crippen molar-refractivity contribution in [2.45, 2.75) is 53.4 Å². The van der Waals surface area contributed by atoms with E-state index in [2.05, 4.69) is 33.0 Å². The van der Waals surface area contributed by atoms with Crippen molar-refractivity contribution >= 4 is 0 Å². The average Bonchev–Trinajstić information content (AvgIpc) is 2.14. The van der Waals surface area contributed by atoms with Crippen LogP contribution >= 0.6 is 0 Å². The van der Waals surface area contributed by atoms with Crippen LogP contribution in [0.1, 0.15) is 53.4 Å². The second kappa shape index (κ2) is 9.17. The monoisotopic (exact) mass is 215 g/mol. The first kappa shape index (κ1) is 14.9. The summed E-state index contributed by atoms with van der Waals surface area (Å²) in [7, 11) is 0. The van der Waals surface area contributed by atoms with E-state index in [0.29, 0.717) is 5.41 Å². The third kappa shape index (κ3) is 13.9. The molecule has 0 aliphatic heterocycles. The van der Waals surface area contributed by atoms with Crippen LogP contribution in [-0.2, 0) is 4.74 Å². The van der Waals surface area contributed by atoms with Crippen molar-refractivity contribution in [1.29, 1.82) is 0 Å². The average molecular weight is 215 g/mol. The van der Waals surface area contributed by atoms with Crippen LogP contribution in [0.2, 0.25) is 0 Å². The predicted molar refractivity (Wildman–Crippen MR) is 67.3 cm³/mol. The first-order valence-electron chi connectivity index (χ1n) is 6.35. The lowest BCUT2D eigenvalue weighted by atomic mass is 9.93. The highest BCUT2D eigenvalue weighted by molar-refractivity contribution is 4.59. The molecule has 0 fully saturated rings. The lowest BCUT2D eigenvalue weighted by Gasteiger charge is -2.17. The van der Waals surface area contributed by atoms with Crippen LogP contribution in [0.5, 0.6) is 0 Å². The summed E-state index contributed by atoms with van der Waals surface area (Å²) in [6.45, 7) is 13.1. The summed E-state index contributed by atoms with van der Waals surface area (Å²) >= 11 is 0. The molecule has 0 saturated carbocycles. The summed E-state index contributed by atoms with van der Waals surface area (Å²) in [6.07, 6.45) is 4.79. The number of hydrogen-bond acceptors (Lipinski definition) is 2. The molecule has 0 aromatic rings. The molecule has 0 bridgehead atoms. The molecule has 0 radical (unpaired) electrons. The maximum atomic E-state index is 5.59. The van der Waals surface area contributed by atoms with Gasteiger partial charge < -0.3 is 10.1 Å². The minimum absolute atomic E-state index is 0.405. The number of hydrogen-bond donors (Lipinski definition) is 1. The number of ether oxygens (including phenoxy) is 1. The van der Waals surface area contributed by atoms with Gasteiger partial charge in [-0.2, -0.15) is 0 Å². The van der Waals surface area contributed by atoms with Gasteiger partial charge in [0.15, 0.2) is 0 Å². The van der Waals surface area contributed by atoms with E-state index < -0.39 is 0 Å². The number of nitrogens with one attached hydrogen (secondary N) is 1. The Labute approximate surface area is 95.8 Å². The highest BCUT2D eigenvalue weighted by Gasteiger charge is 2.08. The smallest absolute Gasteiger partial charge is 0.0471 e. The summed E-state index contributed by atoms with van der Waals surface area (Å²) in [5.41, 5.74) is 0.405. The maximum absolute atomic E-state index is 5.59. The largest absolute Gasteiger partial charge is 0.381 e. The molecule has 0 aromatic carbocycles. The first-order valence-corrected chi connectivity index (χ1v) is 6.35. The molecule has 92 valence electrons. The van der Waals surface area contributed by atoms with E-state index in [9.17, 15) is 0 Å². The lowest BCUT2D eigenvalue weighted by molar-refractivity contribution is 0.105. The van der Waals surface area contributed by atoms with Crippen molar-refractivity contribution in [2.75, 3.05) is 26.3 Å². The molecule has 0 atom stereocenters. The third-order valence-corrected chi connectivity index (χ3v) is 2.32. The third-order valence-electron chi connectivity index (χ3n) is 2.32. The molecule has 0 unspecified atom stereocenters. The lowest BCUT2D eigenvalue weighted by Crippen LogP contribution is -2.16. The van der Waals surface area contributed by atoms with E-state index in [-0.39, 0.29) is 0 Å². The maximum Gasteiger partial charge on any atom is 0.0471 e. The Morgan fingerprint density at radius 3 is 2.33 bits per heavy atom. The fourth-order valence-corrected chi connectivity index (χ4v) is 1.24. The van der Waals surface area contributed by atoms with Crippen LogP contribution in [0.4, 0.5) is 0 Å². The molecule has 15 heavy (non-hydrogen) atoms. The van der Waals surface area contributed by atoms with Gasteiger partial charge in [0.05, 0.1) is 0 Å². The molecule has 2 heteroatoms. The highest BCUT2D eigenvalue weighted by atomic mass is 16.5. The van der Waals surface area contributed by atoms with E-state index in [1.165, 1.54) is 19.3 Å². The van der Waals surface area contributed by atoms with Gasteiger partial charge >= 0.3 is 0 Å². The zero-order valence-corrected chi connectivity index (χ0v) is 11.1. The van der Waals surface area contributed by atoms with Gasteiger partial charge in [-0.15, -0.1) is 0 Å². The molecular weight excluding hydrogens is 186 g/mol. The molecule has 0 aromatic heterocycles. The molecule has 0 spiro atoms. The van der Waals surface area contributed by atoms with Gasteiger partial charge in [0, 0.05) is 13.2 Å². The zero-order valence-electron chi connectivity index (χ0n) is 11.1. The molecule has 0 saturated heterocycles. The van der Waals surface area contributed by atoms with Crippen LogP contribution < -0.4 is 5.32 Å². The van der Waals surface area contributed by atoms with Crippen LogP contribution in [0.25, 0.3) is 0 Å². The Balaban J connectivity index is 2.99. The summed E-state index contributed by atoms with van der Waals surface area (Å²) < 4.78 is 5.59. The van der Waals surface area contributed by atoms with Gasteiger partial charge in [0.25, 0.3) is 0 Å². The van der Waals surface area contributed by atoms with Gasteiger partial charge in [-0.3, -0.25) is 0 Å². The highest BCUT2D eigenvalue weighted by Crippen LogP contribution is 2.17. The van der Waals surface area contributed by atoms with Crippen molar-refractivity contribution in [3.8, 4) is 0 Å². The zero-order chi connectivity index (χ0) is 11.6. The molecular formula is C13H29NO. The molecule has 0 heterocycles. The van der Waals surface area contributed by atoms with Crippen molar-refractivity contribution < 1.29 is 4.74 Å². The Bertz CT molecular complexity index is 129. The number of unbranched alkanes of at least 4 members (excludes halogenated alkanes) is 1. The molecule has 2 nitrogen and oxygen atoms in total. The molecule has 0 rings (SSSR count). The van der Waals surface area contributed by atoms with Crippen LogP contribution in [-0.4, -0.2) is 26.3 Å². The normalized spacial score (nSPS) is 12.0. The number of rotatable bonds is 9. The molecule has 0 aliphatic carbocycles. The van der Waals surface area contributed by atoms with Gasteiger partial charge in [0.2, 0.25) is 0 Å². The second-order valence-electron chi connectivity index (χ2n) is 5.38. The second-order valence-corrected chi connectivity index (χ2v) is 5.38. The van der Waals surface area contributed by atoms with E-state index in [4.69, 9.17) is 4.74 Å². The Morgan fingerprint density at radius 1 is 1.00 bits per heavy atom. The Kier molecular flexibility index (Phi) is 9.12. The van der Waals surface area contributed by atoms with E-state index in [0.717, 1.165) is 32.7 Å². The minimum atomic E-state index is 0.405. The predicted octanol–water partition coefficient (Wildman–Crippen LogP) is 3.22. The van der Waals surface area contributed by atoms with Crippen LogP contribution in [0, 0.1) is 5.41 Å². The van der Waals surface area contributed by atoms with Crippen LogP contribution in [0.15, 0.2) is 0 Å². The van der Waals surface area contributed by atoms with Crippen molar-refractivity contribution in [3.05, 3.63) is 0 Å². The first-order chi connectivity index (χ1) is 7.06. The molecule has 0 aliphatic rings. The quantitative estimate of drug-likeness (QED) is 0.596. The molecule has 1 N–H and O–H groups in total. The Hall–Kier alpha value is -0.0800. The van der Waals surface area contributed by atoms with E-state index >= 15 is 0 Å². The molecule has 0 amide bonds. The summed E-state index contributed by atoms with van der Waals surface area (Å²) in [5.74, 6) is 0. The summed E-state index contributed by atoms with van der Waals surface area (Å²) in [4.78, 5) is 0. The minimum Gasteiger partial charge on any atom is -0.381 e. The van der Waals surface area contributed by atoms with E-state index in [1.54, 1.807) is 0 Å². The topological polar surface area (TPSA) is 21.3 Å². The van der Waals surface area contributed by atoms with Crippen molar-refractivity contribution in [1.82, 2.24) is 5.32 Å². The summed E-state index contributed by atoms with van der Waals surface area (Å²) in [5, 5.41) is 3.39. The fraction of sp³-hybridized carbons (Fsp3) is 1.00. The van der Waals surface area contributed by atoms with Gasteiger partial charge in [0.1, 0.15) is 0 Å². The fourth-order valence-electron chi connectivity index (χ4n) is 1.24. The summed E-state index contributed by atoms with van der Waals surface area (Å²) in [6, 6.07) is 0. The van der Waals surface area contributed by atoms with Crippen molar-refractivity contribution in [2.24, 2.45) is 5.41 Å². The Morgan fingerprint density at radius 2 is 1.73 bits per heavy atom. The van der Waals surface area contributed by atoms with Crippen molar-refractivity contribution in [3.63, 3.8) is 0 Å². The van der Waals surface area contributed by atoms with E-state index in [1.807, 2.05) is 0 Å².